The van der Waals surface area contributed by atoms with Gasteiger partial charge < -0.3 is 39.0 Å². The van der Waals surface area contributed by atoms with Crippen LogP contribution in [0, 0.1) is 0 Å². The average molecular weight is 458 g/mol. The van der Waals surface area contributed by atoms with Crippen LogP contribution in [0.25, 0.3) is 0 Å². The molecule has 178 valence electrons. The molecule has 0 aliphatic carbocycles. The topological polar surface area (TPSA) is 188 Å². The Kier molecular flexibility index (Phi) is 6.58. The SMILES string of the molecule is O=C(C1CO1)C(O)(CCC(O)OC(CCCO)(C(=O)C1CO1)C(=O)C1CO1)C(=O)C1CO1. The molecule has 0 aromatic carbocycles. The summed E-state index contributed by atoms with van der Waals surface area (Å²) in [5.41, 5.74) is -4.57. The van der Waals surface area contributed by atoms with E-state index in [1.54, 1.807) is 0 Å². The number of hydrogen-bond donors (Lipinski definition) is 3. The van der Waals surface area contributed by atoms with Crippen LogP contribution < -0.4 is 0 Å². The van der Waals surface area contributed by atoms with Crippen LogP contribution in [-0.4, -0.2) is 113 Å². The van der Waals surface area contributed by atoms with Gasteiger partial charge in [-0.3, -0.25) is 19.2 Å². The average Bonchev–Trinajstić information content (AvgIpc) is 3.60. The summed E-state index contributed by atoms with van der Waals surface area (Å²) >= 11 is 0. The molecule has 12 heteroatoms. The van der Waals surface area contributed by atoms with Crippen LogP contribution in [0.4, 0.5) is 0 Å². The minimum atomic E-state index is -2.45. The molecule has 32 heavy (non-hydrogen) atoms. The molecule has 5 unspecified atom stereocenters. The van der Waals surface area contributed by atoms with Crippen LogP contribution in [0.15, 0.2) is 0 Å². The van der Waals surface area contributed by atoms with Gasteiger partial charge in [0.15, 0.2) is 17.5 Å². The molecule has 4 fully saturated rings. The van der Waals surface area contributed by atoms with Crippen molar-refractivity contribution < 1.29 is 58.2 Å². The van der Waals surface area contributed by atoms with Crippen molar-refractivity contribution in [2.45, 2.75) is 67.6 Å². The van der Waals surface area contributed by atoms with Crippen molar-refractivity contribution in [2.75, 3.05) is 33.0 Å². The molecule has 0 spiro atoms. The molecular weight excluding hydrogens is 432 g/mol. The number of ether oxygens (including phenoxy) is 5. The van der Waals surface area contributed by atoms with Gasteiger partial charge in [0.05, 0.1) is 26.4 Å². The molecule has 0 bridgehead atoms. The predicted molar refractivity (Wildman–Crippen MR) is 99.3 cm³/mol. The fourth-order valence-corrected chi connectivity index (χ4v) is 3.71. The highest BCUT2D eigenvalue weighted by Gasteiger charge is 2.59. The first-order chi connectivity index (χ1) is 15.2. The summed E-state index contributed by atoms with van der Waals surface area (Å²) in [6, 6.07) is 0. The smallest absolute Gasteiger partial charge is 0.203 e. The van der Waals surface area contributed by atoms with E-state index < -0.39 is 77.9 Å². The van der Waals surface area contributed by atoms with Crippen molar-refractivity contribution in [1.82, 2.24) is 0 Å². The molecule has 0 radical (unpaired) electrons. The maximum atomic E-state index is 12.9. The summed E-state index contributed by atoms with van der Waals surface area (Å²) in [5.74, 6) is -3.04. The molecule has 5 atom stereocenters. The first-order valence-electron chi connectivity index (χ1n) is 10.6. The Morgan fingerprint density at radius 1 is 0.812 bits per heavy atom. The fraction of sp³-hybridized carbons (Fsp3) is 0.800. The van der Waals surface area contributed by atoms with Gasteiger partial charge in [0, 0.05) is 13.0 Å². The van der Waals surface area contributed by atoms with Crippen molar-refractivity contribution in [3.8, 4) is 0 Å². The summed E-state index contributed by atoms with van der Waals surface area (Å²) < 4.78 is 25.4. The second-order valence-corrected chi connectivity index (χ2v) is 8.37. The molecule has 12 nitrogen and oxygen atoms in total. The molecule has 0 amide bonds. The van der Waals surface area contributed by atoms with E-state index in [2.05, 4.69) is 0 Å². The van der Waals surface area contributed by atoms with Gasteiger partial charge >= 0.3 is 0 Å². The van der Waals surface area contributed by atoms with Gasteiger partial charge in [0.25, 0.3) is 0 Å². The van der Waals surface area contributed by atoms with Gasteiger partial charge in [-0.15, -0.1) is 0 Å². The zero-order valence-electron chi connectivity index (χ0n) is 17.3. The highest BCUT2D eigenvalue weighted by atomic mass is 16.6. The standard InChI is InChI=1S/C20H26O12/c21-5-1-3-20(17(25)12-8-30-12,18(26)13-9-31-13)32-14(22)2-4-19(27,15(23)10-6-28-10)16(24)11-7-29-11/h10-14,21-22,27H,1-9H2. The lowest BCUT2D eigenvalue weighted by molar-refractivity contribution is -0.203. The lowest BCUT2D eigenvalue weighted by Crippen LogP contribution is -2.56. The molecular formula is C20H26O12. The number of hydrogen-bond acceptors (Lipinski definition) is 12. The lowest BCUT2D eigenvalue weighted by atomic mass is 9.83. The van der Waals surface area contributed by atoms with Crippen LogP contribution >= 0.6 is 0 Å². The highest BCUT2D eigenvalue weighted by molar-refractivity contribution is 6.15. The van der Waals surface area contributed by atoms with Crippen LogP contribution in [0.2, 0.25) is 0 Å². The highest BCUT2D eigenvalue weighted by Crippen LogP contribution is 2.35. The number of ketones is 4. The van der Waals surface area contributed by atoms with Crippen molar-refractivity contribution >= 4 is 23.1 Å². The lowest BCUT2D eigenvalue weighted by Gasteiger charge is -2.33. The Morgan fingerprint density at radius 3 is 1.59 bits per heavy atom. The number of aliphatic hydroxyl groups is 3. The minimum absolute atomic E-state index is 0.0303. The maximum Gasteiger partial charge on any atom is 0.203 e. The maximum absolute atomic E-state index is 12.9. The second kappa shape index (κ2) is 8.95. The summed E-state index contributed by atoms with van der Waals surface area (Å²) in [4.78, 5) is 50.9. The van der Waals surface area contributed by atoms with Crippen LogP contribution in [-0.2, 0) is 42.9 Å². The van der Waals surface area contributed by atoms with Crippen LogP contribution in [0.3, 0.4) is 0 Å². The minimum Gasteiger partial charge on any atom is -0.396 e. The van der Waals surface area contributed by atoms with Gasteiger partial charge in [-0.25, -0.2) is 0 Å². The number of Topliss-reactive ketones (excluding diaryl/α,β-unsaturated/α-hetero) is 4. The monoisotopic (exact) mass is 458 g/mol. The zero-order valence-corrected chi connectivity index (χ0v) is 17.3. The van der Waals surface area contributed by atoms with Gasteiger partial charge in [-0.05, 0) is 19.3 Å². The molecule has 4 aliphatic rings. The van der Waals surface area contributed by atoms with E-state index in [1.165, 1.54) is 0 Å². The second-order valence-electron chi connectivity index (χ2n) is 8.37. The zero-order chi connectivity index (χ0) is 23.1. The van der Waals surface area contributed by atoms with Crippen LogP contribution in [0.1, 0.15) is 25.7 Å². The predicted octanol–water partition coefficient (Wildman–Crippen LogP) is -2.78. The summed E-state index contributed by atoms with van der Waals surface area (Å²) in [5, 5.41) is 30.6. The first-order valence-corrected chi connectivity index (χ1v) is 10.6. The molecule has 0 saturated carbocycles. The van der Waals surface area contributed by atoms with E-state index >= 15 is 0 Å². The van der Waals surface area contributed by atoms with Gasteiger partial charge in [0.2, 0.25) is 23.1 Å². The van der Waals surface area contributed by atoms with Gasteiger partial charge in [-0.2, -0.15) is 0 Å². The third-order valence-electron chi connectivity index (χ3n) is 5.89. The first kappa shape index (κ1) is 23.5. The number of carbonyl (C=O) groups excluding carboxylic acids is 4. The van der Waals surface area contributed by atoms with Gasteiger partial charge in [0.1, 0.15) is 24.4 Å². The Hall–Kier alpha value is -1.64. The Bertz CT molecular complexity index is 729. The normalized spacial score (nSPS) is 32.2. The van der Waals surface area contributed by atoms with Crippen molar-refractivity contribution in [2.24, 2.45) is 0 Å². The molecule has 0 aromatic rings. The third-order valence-corrected chi connectivity index (χ3v) is 5.89. The van der Waals surface area contributed by atoms with Gasteiger partial charge in [-0.1, -0.05) is 0 Å². The fourth-order valence-electron chi connectivity index (χ4n) is 3.71. The van der Waals surface area contributed by atoms with E-state index in [-0.39, 0.29) is 45.9 Å². The van der Waals surface area contributed by atoms with E-state index in [1.807, 2.05) is 0 Å². The number of epoxide rings is 4. The molecule has 4 rings (SSSR count). The largest absolute Gasteiger partial charge is 0.396 e. The summed E-state index contributed by atoms with van der Waals surface area (Å²) in [6.45, 7) is 0.0292. The van der Waals surface area contributed by atoms with Crippen molar-refractivity contribution in [3.05, 3.63) is 0 Å². The quantitative estimate of drug-likeness (QED) is 0.123. The summed E-state index contributed by atoms with van der Waals surface area (Å²) in [7, 11) is 0. The Balaban J connectivity index is 1.48. The van der Waals surface area contributed by atoms with E-state index in [9.17, 15) is 34.5 Å². The molecule has 3 N–H and O–H groups in total. The van der Waals surface area contributed by atoms with Crippen LogP contribution in [0.5, 0.6) is 0 Å². The third kappa shape index (κ3) is 4.82. The van der Waals surface area contributed by atoms with Crippen molar-refractivity contribution in [3.63, 3.8) is 0 Å². The number of aliphatic hydroxyl groups excluding tert-OH is 2. The molecule has 4 heterocycles. The van der Waals surface area contributed by atoms with E-state index in [4.69, 9.17) is 23.7 Å². The molecule has 0 aromatic heterocycles. The molecule has 4 saturated heterocycles. The number of carbonyl (C=O) groups is 4. The molecule has 4 aliphatic heterocycles. The Morgan fingerprint density at radius 2 is 1.22 bits per heavy atom. The van der Waals surface area contributed by atoms with Crippen molar-refractivity contribution in [1.29, 1.82) is 0 Å². The Labute approximate surface area is 182 Å². The van der Waals surface area contributed by atoms with E-state index in [0.29, 0.717) is 0 Å². The van der Waals surface area contributed by atoms with E-state index in [0.717, 1.165) is 0 Å². The summed E-state index contributed by atoms with van der Waals surface area (Å²) in [6.07, 6.45) is -6.50. The number of rotatable bonds is 16.